The largest absolute Gasteiger partial charge is 0.368 e. The van der Waals surface area contributed by atoms with Gasteiger partial charge >= 0.3 is 0 Å². The maximum Gasteiger partial charge on any atom is 0.251 e. The third-order valence-electron chi connectivity index (χ3n) is 5.21. The van der Waals surface area contributed by atoms with Crippen LogP contribution in [0.25, 0.3) is 0 Å². The van der Waals surface area contributed by atoms with Crippen molar-refractivity contribution in [3.63, 3.8) is 0 Å². The maximum atomic E-state index is 13.2. The number of nitrogens with zero attached hydrogens (tertiary/aromatic N) is 1. The predicted octanol–water partition coefficient (Wildman–Crippen LogP) is 2.15. The zero-order valence-electron chi connectivity index (χ0n) is 16.1. The third-order valence-corrected chi connectivity index (χ3v) is 5.21. The summed E-state index contributed by atoms with van der Waals surface area (Å²) in [6.45, 7) is 12.1. The van der Waals surface area contributed by atoms with Crippen molar-refractivity contribution in [2.45, 2.75) is 76.3 Å². The Morgan fingerprint density at radius 1 is 1.00 bits per heavy atom. The van der Waals surface area contributed by atoms with Crippen LogP contribution in [0.4, 0.5) is 0 Å². The van der Waals surface area contributed by atoms with E-state index < -0.39 is 6.10 Å². The lowest BCUT2D eigenvalue weighted by molar-refractivity contribution is -0.147. The van der Waals surface area contributed by atoms with Gasteiger partial charge in [-0.1, -0.05) is 26.2 Å². The molecule has 3 saturated heterocycles. The molecule has 3 fully saturated rings. The summed E-state index contributed by atoms with van der Waals surface area (Å²) in [5, 5.41) is 0. The molecule has 0 aromatic heterocycles. The van der Waals surface area contributed by atoms with Crippen molar-refractivity contribution in [2.75, 3.05) is 39.5 Å². The van der Waals surface area contributed by atoms with Crippen LogP contribution in [-0.4, -0.2) is 73.2 Å². The maximum absolute atomic E-state index is 13.2. The molecule has 4 unspecified atom stereocenters. The molecule has 6 heteroatoms. The number of rotatable bonds is 12. The van der Waals surface area contributed by atoms with E-state index in [4.69, 9.17) is 18.9 Å². The molecule has 3 aliphatic heterocycles. The molecule has 4 atom stereocenters. The molecule has 0 aromatic rings. The number of carbonyl (C=O) groups excluding carboxylic acids is 1. The van der Waals surface area contributed by atoms with Crippen molar-refractivity contribution >= 4 is 5.91 Å². The van der Waals surface area contributed by atoms with Gasteiger partial charge in [0.05, 0.1) is 39.5 Å². The predicted molar refractivity (Wildman–Crippen MR) is 93.5 cm³/mol. The summed E-state index contributed by atoms with van der Waals surface area (Å²) in [7, 11) is 0. The lowest BCUT2D eigenvalue weighted by Crippen LogP contribution is -2.48. The number of amides is 1. The standard InChI is InChI=1S/C19H33NO5/c1-5-6-7-8-15(22-11-19(4)14-25-19)16(21)20(9-17(2)12-23-17)10-18(3)13-24-18/h15H,5-14H2,1-4H3. The van der Waals surface area contributed by atoms with E-state index in [0.717, 1.165) is 25.7 Å². The second-order valence-electron chi connectivity index (χ2n) is 8.71. The first-order valence-electron chi connectivity index (χ1n) is 9.59. The van der Waals surface area contributed by atoms with Gasteiger partial charge in [0.2, 0.25) is 0 Å². The smallest absolute Gasteiger partial charge is 0.251 e. The van der Waals surface area contributed by atoms with Crippen molar-refractivity contribution in [1.82, 2.24) is 4.90 Å². The van der Waals surface area contributed by atoms with Crippen LogP contribution in [0.5, 0.6) is 0 Å². The van der Waals surface area contributed by atoms with Crippen LogP contribution in [-0.2, 0) is 23.7 Å². The normalized spacial score (nSPS) is 36.8. The first-order chi connectivity index (χ1) is 11.8. The van der Waals surface area contributed by atoms with Crippen LogP contribution < -0.4 is 0 Å². The Bertz CT molecular complexity index is 462. The summed E-state index contributed by atoms with van der Waals surface area (Å²) in [4.78, 5) is 15.1. The fourth-order valence-corrected chi connectivity index (χ4v) is 2.99. The fraction of sp³-hybridized carbons (Fsp3) is 0.947. The van der Waals surface area contributed by atoms with Gasteiger partial charge in [-0.05, 0) is 27.2 Å². The number of ether oxygens (including phenoxy) is 4. The van der Waals surface area contributed by atoms with Crippen molar-refractivity contribution in [2.24, 2.45) is 0 Å². The number of epoxide rings is 3. The highest BCUT2D eigenvalue weighted by molar-refractivity contribution is 5.81. The summed E-state index contributed by atoms with van der Waals surface area (Å²) in [6.07, 6.45) is 3.59. The Labute approximate surface area is 151 Å². The van der Waals surface area contributed by atoms with Gasteiger partial charge in [0, 0.05) is 0 Å². The minimum Gasteiger partial charge on any atom is -0.368 e. The molecule has 0 aliphatic carbocycles. The van der Waals surface area contributed by atoms with E-state index in [1.807, 2.05) is 11.8 Å². The van der Waals surface area contributed by atoms with Crippen molar-refractivity contribution in [1.29, 1.82) is 0 Å². The Kier molecular flexibility index (Phi) is 5.45. The number of unbranched alkanes of at least 4 members (excludes halogenated alkanes) is 2. The average Bonchev–Trinajstić information content (AvgIpc) is 3.49. The highest BCUT2D eigenvalue weighted by Crippen LogP contribution is 2.33. The molecule has 0 N–H and O–H groups in total. The zero-order chi connectivity index (χ0) is 18.1. The first kappa shape index (κ1) is 19.1. The SMILES string of the molecule is CCCCCC(OCC1(C)CO1)C(=O)N(CC1(C)CO1)CC1(C)CO1. The van der Waals surface area contributed by atoms with Crippen LogP contribution in [0.3, 0.4) is 0 Å². The molecule has 0 saturated carbocycles. The molecular formula is C19H33NO5. The van der Waals surface area contributed by atoms with Gasteiger partial charge in [0.1, 0.15) is 22.9 Å². The number of hydrogen-bond donors (Lipinski definition) is 0. The van der Waals surface area contributed by atoms with E-state index in [2.05, 4.69) is 20.8 Å². The Balaban J connectivity index is 1.62. The van der Waals surface area contributed by atoms with E-state index in [9.17, 15) is 4.79 Å². The minimum atomic E-state index is -0.405. The van der Waals surface area contributed by atoms with Crippen LogP contribution in [0, 0.1) is 0 Å². The molecule has 3 heterocycles. The first-order valence-corrected chi connectivity index (χ1v) is 9.59. The lowest BCUT2D eigenvalue weighted by Gasteiger charge is -2.30. The van der Waals surface area contributed by atoms with E-state index in [0.29, 0.717) is 39.5 Å². The van der Waals surface area contributed by atoms with Gasteiger partial charge in [-0.25, -0.2) is 0 Å². The van der Waals surface area contributed by atoms with Gasteiger partial charge in [0.25, 0.3) is 5.91 Å². The average molecular weight is 355 g/mol. The molecular weight excluding hydrogens is 322 g/mol. The third kappa shape index (κ3) is 5.64. The Morgan fingerprint density at radius 3 is 1.96 bits per heavy atom. The molecule has 25 heavy (non-hydrogen) atoms. The molecule has 144 valence electrons. The van der Waals surface area contributed by atoms with Gasteiger partial charge in [-0.2, -0.15) is 0 Å². The van der Waals surface area contributed by atoms with E-state index >= 15 is 0 Å². The summed E-state index contributed by atoms with van der Waals surface area (Å²) >= 11 is 0. The quantitative estimate of drug-likeness (QED) is 0.396. The monoisotopic (exact) mass is 355 g/mol. The van der Waals surface area contributed by atoms with Crippen molar-refractivity contribution in [3.8, 4) is 0 Å². The van der Waals surface area contributed by atoms with Crippen LogP contribution >= 0.6 is 0 Å². The van der Waals surface area contributed by atoms with Crippen LogP contribution in [0.15, 0.2) is 0 Å². The second kappa shape index (κ2) is 7.14. The Hall–Kier alpha value is -0.690. The van der Waals surface area contributed by atoms with Gasteiger partial charge in [0.15, 0.2) is 0 Å². The molecule has 0 bridgehead atoms. The number of carbonyl (C=O) groups is 1. The summed E-state index contributed by atoms with van der Waals surface area (Å²) in [6, 6.07) is 0. The molecule has 1 amide bonds. The number of hydrogen-bond acceptors (Lipinski definition) is 5. The molecule has 0 aromatic carbocycles. The van der Waals surface area contributed by atoms with E-state index in [-0.39, 0.29) is 22.7 Å². The summed E-state index contributed by atoms with van der Waals surface area (Å²) < 4.78 is 22.5. The second-order valence-corrected chi connectivity index (χ2v) is 8.71. The lowest BCUT2D eigenvalue weighted by atomic mass is 10.1. The summed E-state index contributed by atoms with van der Waals surface area (Å²) in [5.41, 5.74) is -0.619. The minimum absolute atomic E-state index is 0.0637. The van der Waals surface area contributed by atoms with Crippen LogP contribution in [0.2, 0.25) is 0 Å². The molecule has 3 aliphatic rings. The highest BCUT2D eigenvalue weighted by atomic mass is 16.6. The molecule has 0 spiro atoms. The highest BCUT2D eigenvalue weighted by Gasteiger charge is 2.48. The van der Waals surface area contributed by atoms with E-state index in [1.54, 1.807) is 0 Å². The van der Waals surface area contributed by atoms with Gasteiger partial charge < -0.3 is 23.8 Å². The van der Waals surface area contributed by atoms with Gasteiger partial charge in [-0.15, -0.1) is 0 Å². The van der Waals surface area contributed by atoms with Crippen molar-refractivity contribution < 1.29 is 23.7 Å². The van der Waals surface area contributed by atoms with E-state index in [1.165, 1.54) is 0 Å². The molecule has 6 nitrogen and oxygen atoms in total. The zero-order valence-corrected chi connectivity index (χ0v) is 16.1. The van der Waals surface area contributed by atoms with Crippen molar-refractivity contribution in [3.05, 3.63) is 0 Å². The topological polar surface area (TPSA) is 67.1 Å². The fourth-order valence-electron chi connectivity index (χ4n) is 2.99. The Morgan fingerprint density at radius 2 is 1.52 bits per heavy atom. The molecule has 3 rings (SSSR count). The van der Waals surface area contributed by atoms with Crippen LogP contribution in [0.1, 0.15) is 53.4 Å². The molecule has 0 radical (unpaired) electrons. The summed E-state index contributed by atoms with van der Waals surface area (Å²) in [5.74, 6) is 0.0637. The van der Waals surface area contributed by atoms with Gasteiger partial charge in [-0.3, -0.25) is 4.79 Å².